The van der Waals surface area contributed by atoms with Gasteiger partial charge in [0.1, 0.15) is 5.75 Å². The second-order valence-electron chi connectivity index (χ2n) is 3.56. The van der Waals surface area contributed by atoms with Crippen LogP contribution >= 0.6 is 0 Å². The largest absolute Gasteiger partial charge is 0.504 e. The average molecular weight is 230 g/mol. The van der Waals surface area contributed by atoms with E-state index < -0.39 is 0 Å². The molecule has 3 nitrogen and oxygen atoms in total. The standard InChI is InChI=1S/C14H14O3/c1-16-12-8-4-3-6-10(12)11-7-5-9-13(17-2)14(11)15/h3-9,15H,1-2H3. The number of aromatic hydroxyl groups is 1. The Labute approximate surface area is 100 Å². The van der Waals surface area contributed by atoms with E-state index in [-0.39, 0.29) is 5.75 Å². The average Bonchev–Trinajstić information content (AvgIpc) is 2.39. The van der Waals surface area contributed by atoms with Gasteiger partial charge in [-0.25, -0.2) is 0 Å². The van der Waals surface area contributed by atoms with Gasteiger partial charge in [-0.15, -0.1) is 0 Å². The quantitative estimate of drug-likeness (QED) is 0.880. The molecule has 2 aromatic rings. The molecule has 0 bridgehead atoms. The van der Waals surface area contributed by atoms with Crippen LogP contribution in [0.4, 0.5) is 0 Å². The summed E-state index contributed by atoms with van der Waals surface area (Å²) in [6, 6.07) is 12.9. The number of methoxy groups -OCH3 is 2. The van der Waals surface area contributed by atoms with E-state index >= 15 is 0 Å². The minimum Gasteiger partial charge on any atom is -0.504 e. The van der Waals surface area contributed by atoms with Crippen LogP contribution in [0.25, 0.3) is 11.1 Å². The van der Waals surface area contributed by atoms with E-state index in [9.17, 15) is 5.11 Å². The summed E-state index contributed by atoms with van der Waals surface area (Å²) in [6.45, 7) is 0. The van der Waals surface area contributed by atoms with Gasteiger partial charge in [0.25, 0.3) is 0 Å². The first-order valence-corrected chi connectivity index (χ1v) is 5.27. The minimum absolute atomic E-state index is 0.125. The van der Waals surface area contributed by atoms with Crippen LogP contribution in [0.2, 0.25) is 0 Å². The summed E-state index contributed by atoms with van der Waals surface area (Å²) in [5, 5.41) is 10.1. The molecule has 0 radical (unpaired) electrons. The second-order valence-corrected chi connectivity index (χ2v) is 3.56. The maximum Gasteiger partial charge on any atom is 0.165 e. The Balaban J connectivity index is 2.60. The molecule has 17 heavy (non-hydrogen) atoms. The maximum atomic E-state index is 10.1. The van der Waals surface area contributed by atoms with Gasteiger partial charge in [-0.3, -0.25) is 0 Å². The van der Waals surface area contributed by atoms with Gasteiger partial charge >= 0.3 is 0 Å². The molecule has 0 amide bonds. The molecule has 0 saturated carbocycles. The fourth-order valence-corrected chi connectivity index (χ4v) is 1.77. The number of phenols is 1. The lowest BCUT2D eigenvalue weighted by Crippen LogP contribution is -1.89. The Hall–Kier alpha value is -2.16. The van der Waals surface area contributed by atoms with E-state index in [0.717, 1.165) is 11.3 Å². The Morgan fingerprint density at radius 2 is 1.35 bits per heavy atom. The van der Waals surface area contributed by atoms with Gasteiger partial charge in [-0.05, 0) is 12.1 Å². The minimum atomic E-state index is 0.125. The molecule has 0 heterocycles. The van der Waals surface area contributed by atoms with Crippen LogP contribution in [0.5, 0.6) is 17.2 Å². The van der Waals surface area contributed by atoms with Gasteiger partial charge < -0.3 is 14.6 Å². The fraction of sp³-hybridized carbons (Fsp3) is 0.143. The van der Waals surface area contributed by atoms with Gasteiger partial charge in [-0.2, -0.15) is 0 Å². The van der Waals surface area contributed by atoms with Crippen molar-refractivity contribution < 1.29 is 14.6 Å². The van der Waals surface area contributed by atoms with Crippen LogP contribution in [0.15, 0.2) is 42.5 Å². The van der Waals surface area contributed by atoms with Crippen molar-refractivity contribution in [3.8, 4) is 28.4 Å². The Kier molecular flexibility index (Phi) is 3.19. The van der Waals surface area contributed by atoms with Gasteiger partial charge in [0.2, 0.25) is 0 Å². The molecule has 2 aromatic carbocycles. The van der Waals surface area contributed by atoms with E-state index in [1.54, 1.807) is 13.2 Å². The number of para-hydroxylation sites is 2. The SMILES string of the molecule is COc1ccccc1-c1cccc(OC)c1O. The second kappa shape index (κ2) is 4.78. The number of benzene rings is 2. The van der Waals surface area contributed by atoms with E-state index in [4.69, 9.17) is 9.47 Å². The highest BCUT2D eigenvalue weighted by atomic mass is 16.5. The van der Waals surface area contributed by atoms with E-state index in [1.807, 2.05) is 36.4 Å². The summed E-state index contributed by atoms with van der Waals surface area (Å²) in [7, 11) is 3.14. The van der Waals surface area contributed by atoms with Gasteiger partial charge in [-0.1, -0.05) is 30.3 Å². The first-order valence-electron chi connectivity index (χ1n) is 5.27. The van der Waals surface area contributed by atoms with Gasteiger partial charge in [0.05, 0.1) is 14.2 Å². The Bertz CT molecular complexity index is 521. The predicted octanol–water partition coefficient (Wildman–Crippen LogP) is 3.08. The van der Waals surface area contributed by atoms with Crippen molar-refractivity contribution >= 4 is 0 Å². The first kappa shape index (κ1) is 11.3. The van der Waals surface area contributed by atoms with Crippen LogP contribution in [0.3, 0.4) is 0 Å². The van der Waals surface area contributed by atoms with Crippen LogP contribution in [0.1, 0.15) is 0 Å². The van der Waals surface area contributed by atoms with Crippen molar-refractivity contribution in [3.63, 3.8) is 0 Å². The number of phenolic OH excluding ortho intramolecular Hbond substituents is 1. The Morgan fingerprint density at radius 1 is 0.765 bits per heavy atom. The monoisotopic (exact) mass is 230 g/mol. The zero-order valence-corrected chi connectivity index (χ0v) is 9.81. The smallest absolute Gasteiger partial charge is 0.165 e. The first-order chi connectivity index (χ1) is 8.27. The Morgan fingerprint density at radius 3 is 2.06 bits per heavy atom. The molecule has 0 fully saturated rings. The molecule has 1 N–H and O–H groups in total. The lowest BCUT2D eigenvalue weighted by molar-refractivity contribution is 0.374. The van der Waals surface area contributed by atoms with Crippen LogP contribution < -0.4 is 9.47 Å². The summed E-state index contributed by atoms with van der Waals surface area (Å²) in [5.74, 6) is 1.30. The third kappa shape index (κ3) is 2.04. The summed E-state index contributed by atoms with van der Waals surface area (Å²) >= 11 is 0. The molecular formula is C14H14O3. The normalized spacial score (nSPS) is 10.0. The summed E-state index contributed by atoms with van der Waals surface area (Å²) in [6.07, 6.45) is 0. The van der Waals surface area contributed by atoms with Crippen LogP contribution in [0, 0.1) is 0 Å². The van der Waals surface area contributed by atoms with E-state index in [0.29, 0.717) is 11.3 Å². The highest BCUT2D eigenvalue weighted by molar-refractivity contribution is 5.77. The zero-order chi connectivity index (χ0) is 12.3. The molecule has 2 rings (SSSR count). The zero-order valence-electron chi connectivity index (χ0n) is 9.81. The highest BCUT2D eigenvalue weighted by Gasteiger charge is 2.12. The third-order valence-corrected chi connectivity index (χ3v) is 2.62. The van der Waals surface area contributed by atoms with Gasteiger partial charge in [0, 0.05) is 11.1 Å². The fourth-order valence-electron chi connectivity index (χ4n) is 1.77. The molecule has 0 atom stereocenters. The predicted molar refractivity (Wildman–Crippen MR) is 66.6 cm³/mol. The lowest BCUT2D eigenvalue weighted by Gasteiger charge is -2.11. The van der Waals surface area contributed by atoms with Crippen molar-refractivity contribution in [3.05, 3.63) is 42.5 Å². The van der Waals surface area contributed by atoms with Crippen molar-refractivity contribution in [1.29, 1.82) is 0 Å². The molecule has 0 aliphatic heterocycles. The number of ether oxygens (including phenoxy) is 2. The van der Waals surface area contributed by atoms with E-state index in [2.05, 4.69) is 0 Å². The molecule has 0 aliphatic carbocycles. The number of hydrogen-bond acceptors (Lipinski definition) is 3. The molecule has 0 spiro atoms. The summed E-state index contributed by atoms with van der Waals surface area (Å²) in [4.78, 5) is 0. The molecule has 0 saturated heterocycles. The van der Waals surface area contributed by atoms with Gasteiger partial charge in [0.15, 0.2) is 11.5 Å². The third-order valence-electron chi connectivity index (χ3n) is 2.62. The number of rotatable bonds is 3. The van der Waals surface area contributed by atoms with Crippen molar-refractivity contribution in [1.82, 2.24) is 0 Å². The van der Waals surface area contributed by atoms with Crippen LogP contribution in [-0.4, -0.2) is 19.3 Å². The van der Waals surface area contributed by atoms with Crippen molar-refractivity contribution in [2.75, 3.05) is 14.2 Å². The topological polar surface area (TPSA) is 38.7 Å². The molecule has 0 unspecified atom stereocenters. The molecule has 88 valence electrons. The molecule has 0 aromatic heterocycles. The maximum absolute atomic E-state index is 10.1. The van der Waals surface area contributed by atoms with Crippen molar-refractivity contribution in [2.45, 2.75) is 0 Å². The van der Waals surface area contributed by atoms with Crippen LogP contribution in [-0.2, 0) is 0 Å². The molecule has 0 aliphatic rings. The van der Waals surface area contributed by atoms with E-state index in [1.165, 1.54) is 7.11 Å². The summed E-state index contributed by atoms with van der Waals surface area (Å²) < 4.78 is 10.4. The van der Waals surface area contributed by atoms with Crippen molar-refractivity contribution in [2.24, 2.45) is 0 Å². The highest BCUT2D eigenvalue weighted by Crippen LogP contribution is 2.40. The lowest BCUT2D eigenvalue weighted by atomic mass is 10.0. The molecular weight excluding hydrogens is 216 g/mol. The summed E-state index contributed by atoms with van der Waals surface area (Å²) in [5.41, 5.74) is 1.54. The molecule has 3 heteroatoms. The number of hydrogen-bond donors (Lipinski definition) is 1.